The van der Waals surface area contributed by atoms with E-state index in [2.05, 4.69) is 15.0 Å². The van der Waals surface area contributed by atoms with Gasteiger partial charge >= 0.3 is 0 Å². The molecule has 0 aliphatic carbocycles. The first-order valence-electron chi connectivity index (χ1n) is 9.36. The van der Waals surface area contributed by atoms with Crippen LogP contribution in [0.15, 0.2) is 36.5 Å². The Morgan fingerprint density at radius 3 is 2.41 bits per heavy atom. The number of benzene rings is 1. The van der Waals surface area contributed by atoms with Gasteiger partial charge in [0.1, 0.15) is 11.6 Å². The summed E-state index contributed by atoms with van der Waals surface area (Å²) in [5, 5.41) is 5.49. The molecule has 1 fully saturated rings. The number of para-hydroxylation sites is 1. The molecular formula is C20H24N6O. The normalized spacial score (nSPS) is 15.0. The van der Waals surface area contributed by atoms with Gasteiger partial charge in [-0.05, 0) is 19.1 Å². The third-order valence-electron chi connectivity index (χ3n) is 4.91. The predicted octanol–water partition coefficient (Wildman–Crippen LogP) is 2.43. The molecule has 0 N–H and O–H groups in total. The van der Waals surface area contributed by atoms with Gasteiger partial charge in [0.25, 0.3) is 0 Å². The molecule has 1 aliphatic heterocycles. The maximum absolute atomic E-state index is 12.2. The van der Waals surface area contributed by atoms with Crippen LogP contribution in [-0.2, 0) is 4.79 Å². The summed E-state index contributed by atoms with van der Waals surface area (Å²) in [6, 6.07) is 9.99. The van der Waals surface area contributed by atoms with Crippen molar-refractivity contribution < 1.29 is 4.79 Å². The van der Waals surface area contributed by atoms with Crippen LogP contribution in [0.4, 0.5) is 5.82 Å². The van der Waals surface area contributed by atoms with Gasteiger partial charge in [0.2, 0.25) is 5.91 Å². The van der Waals surface area contributed by atoms with E-state index in [0.29, 0.717) is 13.1 Å². The zero-order valence-electron chi connectivity index (χ0n) is 16.0. The second-order valence-corrected chi connectivity index (χ2v) is 7.19. The van der Waals surface area contributed by atoms with Crippen LogP contribution in [0.5, 0.6) is 0 Å². The van der Waals surface area contributed by atoms with E-state index in [9.17, 15) is 4.79 Å². The number of nitrogens with zero attached hydrogens (tertiary/aromatic N) is 6. The molecule has 7 heteroatoms. The lowest BCUT2D eigenvalue weighted by molar-refractivity contribution is -0.134. The van der Waals surface area contributed by atoms with E-state index in [0.717, 1.165) is 41.5 Å². The van der Waals surface area contributed by atoms with Crippen LogP contribution < -0.4 is 4.90 Å². The Morgan fingerprint density at radius 2 is 1.74 bits per heavy atom. The minimum Gasteiger partial charge on any atom is -0.352 e. The first-order valence-corrected chi connectivity index (χ1v) is 9.36. The molecule has 0 bridgehead atoms. The summed E-state index contributed by atoms with van der Waals surface area (Å²) in [5.74, 6) is 1.87. The highest BCUT2D eigenvalue weighted by molar-refractivity contribution is 5.88. The predicted molar refractivity (Wildman–Crippen MR) is 105 cm³/mol. The lowest BCUT2D eigenvalue weighted by Crippen LogP contribution is -2.50. The second kappa shape index (κ2) is 6.98. The van der Waals surface area contributed by atoms with Crippen molar-refractivity contribution in [3.63, 3.8) is 0 Å². The van der Waals surface area contributed by atoms with Crippen LogP contribution in [0.2, 0.25) is 0 Å². The van der Waals surface area contributed by atoms with E-state index in [1.807, 2.05) is 66.9 Å². The minimum atomic E-state index is 0.0358. The number of hydrogen-bond donors (Lipinski definition) is 0. The summed E-state index contributed by atoms with van der Waals surface area (Å²) in [7, 11) is 0. The molecule has 1 aliphatic rings. The number of aromatic nitrogens is 4. The zero-order chi connectivity index (χ0) is 19.0. The van der Waals surface area contributed by atoms with Gasteiger partial charge in [-0.25, -0.2) is 14.6 Å². The summed E-state index contributed by atoms with van der Waals surface area (Å²) in [4.78, 5) is 25.7. The van der Waals surface area contributed by atoms with Crippen molar-refractivity contribution in [1.29, 1.82) is 0 Å². The summed E-state index contributed by atoms with van der Waals surface area (Å²) in [6.45, 7) is 8.77. The lowest BCUT2D eigenvalue weighted by atomic mass is 10.1. The molecule has 0 spiro atoms. The van der Waals surface area contributed by atoms with E-state index in [1.165, 1.54) is 0 Å². The highest BCUT2D eigenvalue weighted by atomic mass is 16.2. The van der Waals surface area contributed by atoms with E-state index >= 15 is 0 Å². The fraction of sp³-hybridized carbons (Fsp3) is 0.400. The van der Waals surface area contributed by atoms with Crippen molar-refractivity contribution in [3.05, 3.63) is 42.4 Å². The number of carbonyl (C=O) groups excluding carboxylic acids is 1. The number of anilines is 1. The van der Waals surface area contributed by atoms with Crippen LogP contribution in [0, 0.1) is 12.8 Å². The lowest BCUT2D eigenvalue weighted by Gasteiger charge is -2.36. The fourth-order valence-electron chi connectivity index (χ4n) is 3.50. The molecule has 3 heterocycles. The SMILES string of the molecule is Cc1nc(N2CCN(C(=O)C(C)C)CC2)c2cnn(-c3ccccc3)c2n1. The highest BCUT2D eigenvalue weighted by Crippen LogP contribution is 2.26. The molecule has 0 radical (unpaired) electrons. The molecular weight excluding hydrogens is 340 g/mol. The summed E-state index contributed by atoms with van der Waals surface area (Å²) in [5.41, 5.74) is 1.79. The van der Waals surface area contributed by atoms with Gasteiger partial charge in [-0.1, -0.05) is 32.0 Å². The van der Waals surface area contributed by atoms with Crippen molar-refractivity contribution in [2.24, 2.45) is 5.92 Å². The maximum Gasteiger partial charge on any atom is 0.225 e. The summed E-state index contributed by atoms with van der Waals surface area (Å²) < 4.78 is 1.85. The van der Waals surface area contributed by atoms with E-state index in [4.69, 9.17) is 4.98 Å². The highest BCUT2D eigenvalue weighted by Gasteiger charge is 2.25. The topological polar surface area (TPSA) is 67.2 Å². The molecule has 140 valence electrons. The van der Waals surface area contributed by atoms with E-state index in [1.54, 1.807) is 0 Å². The number of fused-ring (bicyclic) bond motifs is 1. The second-order valence-electron chi connectivity index (χ2n) is 7.19. The van der Waals surface area contributed by atoms with Gasteiger partial charge in [0.15, 0.2) is 5.65 Å². The molecule has 1 saturated heterocycles. The molecule has 1 amide bonds. The summed E-state index contributed by atoms with van der Waals surface area (Å²) >= 11 is 0. The monoisotopic (exact) mass is 364 g/mol. The molecule has 0 saturated carbocycles. The average molecular weight is 364 g/mol. The summed E-state index contributed by atoms with van der Waals surface area (Å²) in [6.07, 6.45) is 1.84. The first kappa shape index (κ1) is 17.5. The standard InChI is InChI=1S/C20H24N6O/c1-14(2)20(27)25-11-9-24(10-12-25)18-17-13-21-26(16-7-5-4-6-8-16)19(17)23-15(3)22-18/h4-8,13-14H,9-12H2,1-3H3. The Kier molecular flexibility index (Phi) is 4.51. The molecule has 0 unspecified atom stereocenters. The van der Waals surface area contributed by atoms with Crippen molar-refractivity contribution in [1.82, 2.24) is 24.6 Å². The molecule has 1 aromatic carbocycles. The molecule has 3 aromatic rings. The van der Waals surface area contributed by atoms with Crippen LogP contribution in [0.25, 0.3) is 16.7 Å². The van der Waals surface area contributed by atoms with Crippen molar-refractivity contribution >= 4 is 22.8 Å². The van der Waals surface area contributed by atoms with Gasteiger partial charge in [-0.3, -0.25) is 4.79 Å². The number of amides is 1. The van der Waals surface area contributed by atoms with Crippen LogP contribution in [-0.4, -0.2) is 56.7 Å². The Morgan fingerprint density at radius 1 is 1.04 bits per heavy atom. The molecule has 2 aromatic heterocycles. The van der Waals surface area contributed by atoms with Crippen molar-refractivity contribution in [2.45, 2.75) is 20.8 Å². The largest absolute Gasteiger partial charge is 0.352 e. The molecule has 27 heavy (non-hydrogen) atoms. The van der Waals surface area contributed by atoms with E-state index in [-0.39, 0.29) is 11.8 Å². The third-order valence-corrected chi connectivity index (χ3v) is 4.91. The van der Waals surface area contributed by atoms with Gasteiger partial charge in [0, 0.05) is 32.1 Å². The zero-order valence-corrected chi connectivity index (χ0v) is 16.0. The molecule has 7 nitrogen and oxygen atoms in total. The number of hydrogen-bond acceptors (Lipinski definition) is 5. The van der Waals surface area contributed by atoms with Crippen LogP contribution in [0.3, 0.4) is 0 Å². The van der Waals surface area contributed by atoms with Crippen molar-refractivity contribution in [3.8, 4) is 5.69 Å². The maximum atomic E-state index is 12.2. The smallest absolute Gasteiger partial charge is 0.225 e. The number of rotatable bonds is 3. The Bertz CT molecular complexity index is 957. The van der Waals surface area contributed by atoms with Crippen molar-refractivity contribution in [2.75, 3.05) is 31.1 Å². The van der Waals surface area contributed by atoms with Crippen LogP contribution in [0.1, 0.15) is 19.7 Å². The molecule has 4 rings (SSSR count). The van der Waals surface area contributed by atoms with Crippen LogP contribution >= 0.6 is 0 Å². The van der Waals surface area contributed by atoms with Gasteiger partial charge < -0.3 is 9.80 Å². The third kappa shape index (κ3) is 3.25. The van der Waals surface area contributed by atoms with E-state index < -0.39 is 0 Å². The average Bonchev–Trinajstić information content (AvgIpc) is 3.11. The minimum absolute atomic E-state index is 0.0358. The molecule has 0 atom stereocenters. The van der Waals surface area contributed by atoms with Gasteiger partial charge in [-0.15, -0.1) is 0 Å². The Balaban J connectivity index is 1.66. The number of aryl methyl sites for hydroxylation is 1. The first-order chi connectivity index (χ1) is 13.0. The number of carbonyl (C=O) groups is 1. The number of piperazine rings is 1. The quantitative estimate of drug-likeness (QED) is 0.714. The van der Waals surface area contributed by atoms with Gasteiger partial charge in [-0.2, -0.15) is 5.10 Å². The van der Waals surface area contributed by atoms with Gasteiger partial charge in [0.05, 0.1) is 17.3 Å². The fourth-order valence-corrected chi connectivity index (χ4v) is 3.50. The Labute approximate surface area is 158 Å². The Hall–Kier alpha value is -2.96.